The molecule has 242 valence electrons. The molecule has 1 amide bonds. The van der Waals surface area contributed by atoms with Crippen LogP contribution in [0, 0.1) is 6.57 Å². The quantitative estimate of drug-likeness (QED) is 0.171. The van der Waals surface area contributed by atoms with E-state index >= 15 is 0 Å². The lowest BCUT2D eigenvalue weighted by molar-refractivity contribution is -0.131. The number of nitrogens with zero attached hydrogens (tertiary/aromatic N) is 6. The summed E-state index contributed by atoms with van der Waals surface area (Å²) in [5.74, 6) is -0.455. The van der Waals surface area contributed by atoms with Crippen LogP contribution in [0.4, 0.5) is 10.2 Å². The predicted octanol–water partition coefficient (Wildman–Crippen LogP) is 6.32. The van der Waals surface area contributed by atoms with E-state index in [1.54, 1.807) is 0 Å². The van der Waals surface area contributed by atoms with Crippen molar-refractivity contribution in [2.75, 3.05) is 57.9 Å². The van der Waals surface area contributed by atoms with Gasteiger partial charge in [0.2, 0.25) is 6.54 Å². The first-order valence-corrected chi connectivity index (χ1v) is 16.5. The Morgan fingerprint density at radius 2 is 1.96 bits per heavy atom. The fourth-order valence-electron chi connectivity index (χ4n) is 7.22. The zero-order chi connectivity index (χ0) is 32.7. The lowest BCUT2D eigenvalue weighted by atomic mass is 9.89. The maximum absolute atomic E-state index is 14.0. The molecule has 0 N–H and O–H groups in total. The Morgan fingerprint density at radius 1 is 1.13 bits per heavy atom. The molecule has 2 saturated heterocycles. The lowest BCUT2D eigenvalue weighted by Crippen LogP contribution is -2.56. The summed E-state index contributed by atoms with van der Waals surface area (Å²) in [6, 6.07) is 14.2. The Balaban J connectivity index is 1.39. The average molecular weight is 655 g/mol. The van der Waals surface area contributed by atoms with Crippen molar-refractivity contribution >= 4 is 45.0 Å². The number of carbonyl (C=O) groups is 1. The highest BCUT2D eigenvalue weighted by Crippen LogP contribution is 2.46. The van der Waals surface area contributed by atoms with Gasteiger partial charge in [0.15, 0.2) is 5.83 Å². The van der Waals surface area contributed by atoms with Gasteiger partial charge in [-0.15, -0.1) is 0 Å². The molecule has 2 atom stereocenters. The molecule has 7 rings (SSSR count). The number of rotatable bonds is 7. The number of halogens is 2. The van der Waals surface area contributed by atoms with Crippen LogP contribution in [0.25, 0.3) is 37.6 Å². The van der Waals surface area contributed by atoms with Crippen LogP contribution in [-0.4, -0.2) is 90.7 Å². The highest BCUT2D eigenvalue weighted by molar-refractivity contribution is 6.36. The van der Waals surface area contributed by atoms with E-state index in [9.17, 15) is 9.18 Å². The number of hydrogen-bond acceptors (Lipinski definition) is 7. The monoisotopic (exact) mass is 654 g/mol. The van der Waals surface area contributed by atoms with Crippen molar-refractivity contribution in [2.24, 2.45) is 0 Å². The molecule has 11 heteroatoms. The van der Waals surface area contributed by atoms with Crippen LogP contribution in [0.15, 0.2) is 54.9 Å². The van der Waals surface area contributed by atoms with Crippen LogP contribution in [0.2, 0.25) is 5.02 Å². The SMILES string of the molecule is [C-]#[N+]C[C@H]1CN(c2nc(OC[C@@H]3CCCN3C)nc3cc(-c4ccc(Cl)c5ccccc45)c4c(c23)OCCC4)CCN1C(=O)C(=C)F. The fraction of sp³-hybridized carbons (Fsp3) is 0.389. The first kappa shape index (κ1) is 31.2. The molecule has 3 aliphatic heterocycles. The molecular formula is C36H36ClFN6O3. The second-order valence-electron chi connectivity index (χ2n) is 12.5. The standard InChI is InChI=1S/C36H36ClFN6O3/c1-22(38)35(45)44-16-15-43(20-24(44)19-39-2)34-32-31(40-36(41-34)47-21-23-8-6-14-42(23)3)18-29(28-11-7-17-46-33(28)32)26-12-13-30(37)27-10-5-4-9-25(26)27/h4-5,9-10,12-13,18,23-24H,1,6-8,11,14-17,19-21H2,3H3/t23-,24-/m0/s1. The van der Waals surface area contributed by atoms with Crippen LogP contribution in [0.1, 0.15) is 24.8 Å². The van der Waals surface area contributed by atoms with Crippen molar-refractivity contribution in [3.05, 3.63) is 76.9 Å². The third-order valence-corrected chi connectivity index (χ3v) is 9.97. The number of aromatic nitrogens is 2. The summed E-state index contributed by atoms with van der Waals surface area (Å²) >= 11 is 6.62. The zero-order valence-corrected chi connectivity index (χ0v) is 27.1. The van der Waals surface area contributed by atoms with Crippen LogP contribution < -0.4 is 14.4 Å². The minimum atomic E-state index is -1.03. The van der Waals surface area contributed by atoms with Crippen LogP contribution in [0.5, 0.6) is 11.8 Å². The Labute approximate surface area is 278 Å². The van der Waals surface area contributed by atoms with Gasteiger partial charge in [-0.1, -0.05) is 48.5 Å². The van der Waals surface area contributed by atoms with E-state index in [2.05, 4.69) is 46.5 Å². The van der Waals surface area contributed by atoms with Gasteiger partial charge in [0.25, 0.3) is 5.91 Å². The molecule has 0 aliphatic carbocycles. The van der Waals surface area contributed by atoms with Crippen molar-refractivity contribution in [3.8, 4) is 22.9 Å². The summed E-state index contributed by atoms with van der Waals surface area (Å²) in [5, 5.41) is 3.47. The number of carbonyl (C=O) groups excluding carboxylic acids is 1. The predicted molar refractivity (Wildman–Crippen MR) is 182 cm³/mol. The highest BCUT2D eigenvalue weighted by atomic mass is 35.5. The number of amides is 1. The number of likely N-dealkylation sites (tertiary alicyclic amines) is 1. The van der Waals surface area contributed by atoms with E-state index in [1.165, 1.54) is 4.90 Å². The molecule has 4 heterocycles. The van der Waals surface area contributed by atoms with Crippen molar-refractivity contribution in [1.82, 2.24) is 19.8 Å². The van der Waals surface area contributed by atoms with Gasteiger partial charge in [0.1, 0.15) is 24.2 Å². The molecule has 3 aromatic carbocycles. The van der Waals surface area contributed by atoms with Gasteiger partial charge >= 0.3 is 6.01 Å². The smallest absolute Gasteiger partial charge is 0.319 e. The molecule has 9 nitrogen and oxygen atoms in total. The number of benzene rings is 3. The maximum atomic E-state index is 14.0. The van der Waals surface area contributed by atoms with E-state index < -0.39 is 17.8 Å². The second-order valence-corrected chi connectivity index (χ2v) is 12.9. The van der Waals surface area contributed by atoms with E-state index in [0.29, 0.717) is 36.1 Å². The molecule has 0 unspecified atom stereocenters. The second kappa shape index (κ2) is 13.0. The number of fused-ring (bicyclic) bond motifs is 4. The first-order chi connectivity index (χ1) is 22.8. The van der Waals surface area contributed by atoms with Gasteiger partial charge in [-0.25, -0.2) is 11.0 Å². The first-order valence-electron chi connectivity index (χ1n) is 16.1. The largest absolute Gasteiger partial charge is 0.492 e. The average Bonchev–Trinajstić information content (AvgIpc) is 3.51. The van der Waals surface area contributed by atoms with Gasteiger partial charge in [0.05, 0.1) is 17.5 Å². The van der Waals surface area contributed by atoms with E-state index in [-0.39, 0.29) is 31.7 Å². The molecule has 4 aromatic rings. The van der Waals surface area contributed by atoms with Crippen molar-refractivity contribution in [2.45, 2.75) is 37.8 Å². The molecule has 0 bridgehead atoms. The van der Waals surface area contributed by atoms with E-state index in [0.717, 1.165) is 70.8 Å². The number of piperazine rings is 1. The minimum Gasteiger partial charge on any atom is -0.492 e. The van der Waals surface area contributed by atoms with Gasteiger partial charge in [-0.3, -0.25) is 4.79 Å². The molecule has 3 aliphatic rings. The molecule has 1 aromatic heterocycles. The van der Waals surface area contributed by atoms with E-state index in [4.69, 9.17) is 37.6 Å². The third kappa shape index (κ3) is 5.83. The van der Waals surface area contributed by atoms with Crippen LogP contribution in [0.3, 0.4) is 0 Å². The molecule has 0 radical (unpaired) electrons. The molecule has 47 heavy (non-hydrogen) atoms. The summed E-state index contributed by atoms with van der Waals surface area (Å²) in [6.07, 6.45) is 3.84. The third-order valence-electron chi connectivity index (χ3n) is 9.64. The normalized spacial score (nSPS) is 19.8. The number of hydrogen-bond donors (Lipinski definition) is 0. The van der Waals surface area contributed by atoms with Gasteiger partial charge < -0.3 is 29.0 Å². The van der Waals surface area contributed by atoms with Crippen molar-refractivity contribution < 1.29 is 18.7 Å². The van der Waals surface area contributed by atoms with Gasteiger partial charge in [-0.2, -0.15) is 9.97 Å². The Morgan fingerprint density at radius 3 is 2.72 bits per heavy atom. The Kier molecular flexibility index (Phi) is 8.60. The Hall–Kier alpha value is -4.46. The zero-order valence-electron chi connectivity index (χ0n) is 26.3. The Bertz CT molecular complexity index is 1930. The minimum absolute atomic E-state index is 0.0261. The summed E-state index contributed by atoms with van der Waals surface area (Å²) in [7, 11) is 2.10. The number of anilines is 1. The molecule has 0 saturated carbocycles. The van der Waals surface area contributed by atoms with Gasteiger partial charge in [0, 0.05) is 41.6 Å². The summed E-state index contributed by atoms with van der Waals surface area (Å²) in [4.78, 5) is 31.9. The summed E-state index contributed by atoms with van der Waals surface area (Å²) in [6.45, 7) is 13.7. The molecular weight excluding hydrogens is 619 g/mol. The summed E-state index contributed by atoms with van der Waals surface area (Å²) in [5.41, 5.74) is 3.81. The highest BCUT2D eigenvalue weighted by Gasteiger charge is 2.36. The fourth-order valence-corrected chi connectivity index (χ4v) is 7.45. The van der Waals surface area contributed by atoms with Gasteiger partial charge in [-0.05, 0) is 67.9 Å². The number of likely N-dealkylation sites (N-methyl/N-ethyl adjacent to an activating group) is 1. The molecule has 0 spiro atoms. The number of ether oxygens (including phenoxy) is 2. The van der Waals surface area contributed by atoms with Crippen molar-refractivity contribution in [1.29, 1.82) is 0 Å². The molecule has 2 fully saturated rings. The lowest BCUT2D eigenvalue weighted by Gasteiger charge is -2.40. The summed E-state index contributed by atoms with van der Waals surface area (Å²) < 4.78 is 26.7. The van der Waals surface area contributed by atoms with Crippen molar-refractivity contribution in [3.63, 3.8) is 0 Å². The van der Waals surface area contributed by atoms with Crippen LogP contribution >= 0.6 is 11.6 Å². The topological polar surface area (TPSA) is 75.4 Å². The van der Waals surface area contributed by atoms with E-state index in [1.807, 2.05) is 24.3 Å². The maximum Gasteiger partial charge on any atom is 0.319 e. The van der Waals surface area contributed by atoms with Crippen LogP contribution in [-0.2, 0) is 11.2 Å².